The van der Waals surface area contributed by atoms with E-state index in [9.17, 15) is 0 Å². The van der Waals surface area contributed by atoms with Gasteiger partial charge in [-0.3, -0.25) is 0 Å². The molecule has 0 radical (unpaired) electrons. The predicted molar refractivity (Wildman–Crippen MR) is 60.5 cm³/mol. The van der Waals surface area contributed by atoms with Crippen LogP contribution in [0.4, 0.5) is 0 Å². The van der Waals surface area contributed by atoms with Crippen molar-refractivity contribution in [2.45, 2.75) is 52.4 Å². The Hall–Kier alpha value is -0.870. The van der Waals surface area contributed by atoms with Crippen LogP contribution < -0.4 is 5.32 Å². The molecule has 1 unspecified atom stereocenters. The monoisotopic (exact) mass is 211 g/mol. The molecule has 0 aliphatic heterocycles. The topological polar surface area (TPSA) is 50.1 Å². The minimum Gasteiger partial charge on any atom is -0.393 e. The van der Waals surface area contributed by atoms with Gasteiger partial charge in [0.1, 0.15) is 0 Å². The first-order valence-electron chi connectivity index (χ1n) is 5.50. The molecule has 0 aromatic carbocycles. The average Bonchev–Trinajstić information content (AvgIpc) is 2.59. The number of aromatic nitrogens is 2. The molecule has 0 aliphatic carbocycles. The number of nitrogens with zero attached hydrogens (tertiary/aromatic N) is 2. The van der Waals surface area contributed by atoms with Crippen LogP contribution in [0.1, 0.15) is 32.9 Å². The maximum Gasteiger partial charge on any atom is 0.0949 e. The molecule has 1 heterocycles. The molecule has 1 aromatic rings. The van der Waals surface area contributed by atoms with E-state index in [1.54, 1.807) is 6.92 Å². The first kappa shape index (κ1) is 12.2. The third-order valence-corrected chi connectivity index (χ3v) is 2.18. The number of nitrogens with one attached hydrogen (secondary N) is 1. The summed E-state index contributed by atoms with van der Waals surface area (Å²) in [5.74, 6) is 0. The minimum absolute atomic E-state index is 0.246. The van der Waals surface area contributed by atoms with Crippen molar-refractivity contribution in [3.05, 3.63) is 18.2 Å². The molecule has 0 bridgehead atoms. The molecule has 0 saturated carbocycles. The average molecular weight is 211 g/mol. The van der Waals surface area contributed by atoms with Crippen LogP contribution in [0.2, 0.25) is 0 Å². The highest BCUT2D eigenvalue weighted by Crippen LogP contribution is 2.00. The summed E-state index contributed by atoms with van der Waals surface area (Å²) >= 11 is 0. The van der Waals surface area contributed by atoms with Crippen molar-refractivity contribution < 1.29 is 5.11 Å². The molecule has 0 fully saturated rings. The zero-order valence-electron chi connectivity index (χ0n) is 9.77. The Balaban J connectivity index is 2.35. The Bertz CT molecular complexity index is 255. The van der Waals surface area contributed by atoms with Crippen molar-refractivity contribution in [2.75, 3.05) is 0 Å². The van der Waals surface area contributed by atoms with Gasteiger partial charge in [-0.1, -0.05) is 13.8 Å². The Kier molecular flexibility index (Phi) is 4.78. The maximum absolute atomic E-state index is 9.15. The summed E-state index contributed by atoms with van der Waals surface area (Å²) in [5.41, 5.74) is 1.05. The second-order valence-electron chi connectivity index (χ2n) is 4.28. The van der Waals surface area contributed by atoms with E-state index in [1.807, 2.05) is 17.1 Å². The van der Waals surface area contributed by atoms with Crippen LogP contribution in [-0.2, 0) is 13.1 Å². The molecule has 4 nitrogen and oxygen atoms in total. The van der Waals surface area contributed by atoms with Crippen molar-refractivity contribution >= 4 is 0 Å². The van der Waals surface area contributed by atoms with E-state index >= 15 is 0 Å². The van der Waals surface area contributed by atoms with Crippen molar-refractivity contribution in [1.29, 1.82) is 0 Å². The maximum atomic E-state index is 9.15. The number of hydrogen-bond donors (Lipinski definition) is 2. The van der Waals surface area contributed by atoms with Crippen molar-refractivity contribution in [2.24, 2.45) is 0 Å². The summed E-state index contributed by atoms with van der Waals surface area (Å²) in [4.78, 5) is 4.28. The summed E-state index contributed by atoms with van der Waals surface area (Å²) in [7, 11) is 0. The van der Waals surface area contributed by atoms with Crippen LogP contribution in [0.3, 0.4) is 0 Å². The summed E-state index contributed by atoms with van der Waals surface area (Å²) in [5, 5.41) is 12.5. The number of imidazole rings is 1. The summed E-state index contributed by atoms with van der Waals surface area (Å²) in [6.45, 7) is 7.67. The zero-order valence-corrected chi connectivity index (χ0v) is 9.77. The van der Waals surface area contributed by atoms with Crippen molar-refractivity contribution in [3.8, 4) is 0 Å². The molecule has 0 amide bonds. The lowest BCUT2D eigenvalue weighted by molar-refractivity contribution is 0.178. The fraction of sp³-hybridized carbons (Fsp3) is 0.727. The number of aryl methyl sites for hydroxylation is 1. The lowest BCUT2D eigenvalue weighted by Gasteiger charge is -2.05. The molecule has 15 heavy (non-hydrogen) atoms. The second-order valence-corrected chi connectivity index (χ2v) is 4.28. The molecule has 1 atom stereocenters. The lowest BCUT2D eigenvalue weighted by atomic mass is 10.3. The van der Waals surface area contributed by atoms with Crippen LogP contribution >= 0.6 is 0 Å². The van der Waals surface area contributed by atoms with E-state index in [4.69, 9.17) is 5.11 Å². The molecule has 4 heteroatoms. The Morgan fingerprint density at radius 2 is 2.20 bits per heavy atom. The third kappa shape index (κ3) is 4.95. The van der Waals surface area contributed by atoms with E-state index in [2.05, 4.69) is 24.1 Å². The van der Waals surface area contributed by atoms with Gasteiger partial charge < -0.3 is 15.0 Å². The highest BCUT2D eigenvalue weighted by Gasteiger charge is 2.01. The van der Waals surface area contributed by atoms with Gasteiger partial charge in [-0.2, -0.15) is 0 Å². The van der Waals surface area contributed by atoms with Gasteiger partial charge in [0, 0.05) is 25.3 Å². The molecule has 1 rings (SSSR count). The number of aliphatic hydroxyl groups is 1. The smallest absolute Gasteiger partial charge is 0.0949 e. The summed E-state index contributed by atoms with van der Waals surface area (Å²) in [6, 6.07) is 0.479. The van der Waals surface area contributed by atoms with Gasteiger partial charge >= 0.3 is 0 Å². The van der Waals surface area contributed by atoms with Gasteiger partial charge in [0.25, 0.3) is 0 Å². The predicted octanol–water partition coefficient (Wildman–Crippen LogP) is 1.15. The molecular formula is C11H21N3O. The second kappa shape index (κ2) is 5.88. The van der Waals surface area contributed by atoms with Crippen LogP contribution in [0.15, 0.2) is 12.5 Å². The summed E-state index contributed by atoms with van der Waals surface area (Å²) < 4.78 is 2.02. The van der Waals surface area contributed by atoms with Crippen molar-refractivity contribution in [3.63, 3.8) is 0 Å². The minimum atomic E-state index is -0.246. The molecule has 0 saturated heterocycles. The number of aliphatic hydroxyl groups excluding tert-OH is 1. The zero-order chi connectivity index (χ0) is 11.3. The SMILES string of the molecule is CC(O)CCn1cnc(CNC(C)C)c1. The molecule has 1 aromatic heterocycles. The van der Waals surface area contributed by atoms with E-state index in [-0.39, 0.29) is 6.10 Å². The summed E-state index contributed by atoms with van der Waals surface area (Å²) in [6.07, 6.45) is 4.37. The van der Waals surface area contributed by atoms with Gasteiger partial charge in [-0.25, -0.2) is 4.98 Å². The first-order valence-corrected chi connectivity index (χ1v) is 5.50. The normalized spacial score (nSPS) is 13.4. The van der Waals surface area contributed by atoms with Crippen LogP contribution in [0, 0.1) is 0 Å². The molecule has 86 valence electrons. The van der Waals surface area contributed by atoms with Gasteiger partial charge in [-0.05, 0) is 13.3 Å². The Morgan fingerprint density at radius 3 is 2.80 bits per heavy atom. The van der Waals surface area contributed by atoms with E-state index in [0.29, 0.717) is 6.04 Å². The van der Waals surface area contributed by atoms with Crippen LogP contribution in [0.25, 0.3) is 0 Å². The van der Waals surface area contributed by atoms with Gasteiger partial charge in [0.15, 0.2) is 0 Å². The number of rotatable bonds is 6. The van der Waals surface area contributed by atoms with Crippen LogP contribution in [-0.4, -0.2) is 26.8 Å². The quantitative estimate of drug-likeness (QED) is 0.742. The molecule has 0 aliphatic rings. The number of hydrogen-bond acceptors (Lipinski definition) is 3. The van der Waals surface area contributed by atoms with Gasteiger partial charge in [0.05, 0.1) is 18.1 Å². The van der Waals surface area contributed by atoms with E-state index in [1.165, 1.54) is 0 Å². The van der Waals surface area contributed by atoms with Gasteiger partial charge in [-0.15, -0.1) is 0 Å². The fourth-order valence-corrected chi connectivity index (χ4v) is 1.26. The largest absolute Gasteiger partial charge is 0.393 e. The fourth-order valence-electron chi connectivity index (χ4n) is 1.26. The van der Waals surface area contributed by atoms with E-state index in [0.717, 1.165) is 25.2 Å². The Morgan fingerprint density at radius 1 is 1.47 bits per heavy atom. The standard InChI is InChI=1S/C11H21N3O/c1-9(2)12-6-11-7-14(8-13-11)5-4-10(3)15/h7-10,12,15H,4-6H2,1-3H3. The Labute approximate surface area is 91.3 Å². The molecule has 0 spiro atoms. The van der Waals surface area contributed by atoms with E-state index < -0.39 is 0 Å². The van der Waals surface area contributed by atoms with Gasteiger partial charge in [0.2, 0.25) is 0 Å². The lowest BCUT2D eigenvalue weighted by Crippen LogP contribution is -2.21. The third-order valence-electron chi connectivity index (χ3n) is 2.18. The molecular weight excluding hydrogens is 190 g/mol. The highest BCUT2D eigenvalue weighted by molar-refractivity contribution is 4.96. The van der Waals surface area contributed by atoms with Crippen molar-refractivity contribution in [1.82, 2.24) is 14.9 Å². The molecule has 2 N–H and O–H groups in total. The first-order chi connectivity index (χ1) is 7.08. The van der Waals surface area contributed by atoms with Crippen LogP contribution in [0.5, 0.6) is 0 Å². The highest BCUT2D eigenvalue weighted by atomic mass is 16.3.